The molecule has 0 aromatic carbocycles. The third-order valence-corrected chi connectivity index (χ3v) is 4.99. The van der Waals surface area contributed by atoms with Crippen LogP contribution < -0.4 is 0 Å². The monoisotopic (exact) mass is 257 g/mol. The van der Waals surface area contributed by atoms with Gasteiger partial charge in [-0.25, -0.2) is 0 Å². The number of hydrogen-bond acceptors (Lipinski definition) is 3. The highest BCUT2D eigenvalue weighted by atomic mass is 32.2. The van der Waals surface area contributed by atoms with Crippen molar-refractivity contribution in [3.8, 4) is 0 Å². The Morgan fingerprint density at radius 3 is 2.65 bits per heavy atom. The second-order valence-corrected chi connectivity index (χ2v) is 6.09. The van der Waals surface area contributed by atoms with E-state index in [1.165, 1.54) is 0 Å². The quantitative estimate of drug-likeness (QED) is 0.813. The van der Waals surface area contributed by atoms with Crippen molar-refractivity contribution >= 4 is 23.6 Å². The van der Waals surface area contributed by atoms with Crippen LogP contribution in [0.25, 0.3) is 0 Å². The van der Waals surface area contributed by atoms with Crippen LogP contribution in [0.3, 0.4) is 0 Å². The van der Waals surface area contributed by atoms with E-state index in [-0.39, 0.29) is 17.9 Å². The number of hydrogen-bond donors (Lipinski definition) is 1. The summed E-state index contributed by atoms with van der Waals surface area (Å²) in [6, 6.07) is 0.247. The van der Waals surface area contributed by atoms with Gasteiger partial charge in [0.25, 0.3) is 0 Å². The lowest BCUT2D eigenvalue weighted by Crippen LogP contribution is -2.48. The van der Waals surface area contributed by atoms with E-state index in [2.05, 4.69) is 6.92 Å². The van der Waals surface area contributed by atoms with Gasteiger partial charge in [0.15, 0.2) is 0 Å². The second kappa shape index (κ2) is 5.29. The van der Waals surface area contributed by atoms with Crippen molar-refractivity contribution in [2.75, 3.05) is 18.1 Å². The summed E-state index contributed by atoms with van der Waals surface area (Å²) in [6.45, 7) is 2.82. The van der Waals surface area contributed by atoms with Gasteiger partial charge in [-0.2, -0.15) is 11.8 Å². The van der Waals surface area contributed by atoms with Crippen LogP contribution in [-0.4, -0.2) is 46.0 Å². The SMILES string of the molecule is CC1CSCCN1C(=O)C1CCCC1C(=O)O. The topological polar surface area (TPSA) is 57.6 Å². The van der Waals surface area contributed by atoms with Gasteiger partial charge in [-0.05, 0) is 19.8 Å². The van der Waals surface area contributed by atoms with Crippen molar-refractivity contribution in [2.45, 2.75) is 32.2 Å². The van der Waals surface area contributed by atoms with E-state index in [1.807, 2.05) is 16.7 Å². The molecule has 1 amide bonds. The van der Waals surface area contributed by atoms with Crippen LogP contribution in [0, 0.1) is 11.8 Å². The van der Waals surface area contributed by atoms with Crippen LogP contribution >= 0.6 is 11.8 Å². The molecule has 3 unspecified atom stereocenters. The Morgan fingerprint density at radius 2 is 2.00 bits per heavy atom. The van der Waals surface area contributed by atoms with Gasteiger partial charge >= 0.3 is 5.97 Å². The molecular weight excluding hydrogens is 238 g/mol. The fourth-order valence-corrected chi connectivity index (χ4v) is 3.83. The highest BCUT2D eigenvalue weighted by Crippen LogP contribution is 2.34. The zero-order valence-corrected chi connectivity index (χ0v) is 10.9. The number of carbonyl (C=O) groups excluding carboxylic acids is 1. The maximum Gasteiger partial charge on any atom is 0.307 e. The normalized spacial score (nSPS) is 33.7. The van der Waals surface area contributed by atoms with Crippen LogP contribution in [0.2, 0.25) is 0 Å². The molecular formula is C12H19NO3S. The minimum Gasteiger partial charge on any atom is -0.481 e. The molecule has 2 fully saturated rings. The fourth-order valence-electron chi connectivity index (χ4n) is 2.82. The summed E-state index contributed by atoms with van der Waals surface area (Å²) in [5, 5.41) is 9.12. The molecule has 1 N–H and O–H groups in total. The van der Waals surface area contributed by atoms with Gasteiger partial charge in [-0.1, -0.05) is 6.42 Å². The predicted octanol–water partition coefficient (Wildman–Crippen LogP) is 1.45. The summed E-state index contributed by atoms with van der Waals surface area (Å²) >= 11 is 1.86. The van der Waals surface area contributed by atoms with Crippen LogP contribution in [-0.2, 0) is 9.59 Å². The minimum atomic E-state index is -0.806. The molecule has 1 aliphatic heterocycles. The van der Waals surface area contributed by atoms with Crippen molar-refractivity contribution in [2.24, 2.45) is 11.8 Å². The molecule has 0 spiro atoms. The van der Waals surface area contributed by atoms with Crippen LogP contribution in [0.5, 0.6) is 0 Å². The molecule has 2 aliphatic rings. The van der Waals surface area contributed by atoms with Crippen LogP contribution in [0.4, 0.5) is 0 Å². The first-order valence-corrected chi connectivity index (χ1v) is 7.37. The molecule has 1 saturated carbocycles. The van der Waals surface area contributed by atoms with Gasteiger partial charge < -0.3 is 10.0 Å². The first-order chi connectivity index (χ1) is 8.11. The number of carboxylic acid groups (broad SMARTS) is 1. The summed E-state index contributed by atoms with van der Waals surface area (Å²) in [5.74, 6) is 0.474. The Morgan fingerprint density at radius 1 is 1.29 bits per heavy atom. The molecule has 0 aromatic heterocycles. The van der Waals surface area contributed by atoms with E-state index >= 15 is 0 Å². The number of nitrogens with zero attached hydrogens (tertiary/aromatic N) is 1. The minimum absolute atomic E-state index is 0.0719. The first-order valence-electron chi connectivity index (χ1n) is 6.22. The Hall–Kier alpha value is -0.710. The fraction of sp³-hybridized carbons (Fsp3) is 0.833. The third-order valence-electron chi connectivity index (χ3n) is 3.80. The molecule has 1 saturated heterocycles. The van der Waals surface area contributed by atoms with Gasteiger partial charge in [-0.15, -0.1) is 0 Å². The molecule has 4 nitrogen and oxygen atoms in total. The zero-order chi connectivity index (χ0) is 12.4. The largest absolute Gasteiger partial charge is 0.481 e. The van der Waals surface area contributed by atoms with E-state index in [9.17, 15) is 9.59 Å². The average Bonchev–Trinajstić information content (AvgIpc) is 2.77. The smallest absolute Gasteiger partial charge is 0.307 e. The lowest BCUT2D eigenvalue weighted by atomic mass is 9.94. The molecule has 96 valence electrons. The molecule has 5 heteroatoms. The van der Waals surface area contributed by atoms with E-state index < -0.39 is 11.9 Å². The standard InChI is InChI=1S/C12H19NO3S/c1-8-7-17-6-5-13(8)11(14)9-3-2-4-10(9)12(15)16/h8-10H,2-7H2,1H3,(H,15,16). The maximum absolute atomic E-state index is 12.4. The molecule has 2 rings (SSSR count). The number of carbonyl (C=O) groups is 2. The van der Waals surface area contributed by atoms with E-state index in [0.29, 0.717) is 6.42 Å². The van der Waals surface area contributed by atoms with E-state index in [1.54, 1.807) is 0 Å². The van der Waals surface area contributed by atoms with Gasteiger partial charge in [0, 0.05) is 24.1 Å². The highest BCUT2D eigenvalue weighted by Gasteiger charge is 2.40. The number of amides is 1. The second-order valence-electron chi connectivity index (χ2n) is 4.94. The van der Waals surface area contributed by atoms with Crippen LogP contribution in [0.15, 0.2) is 0 Å². The lowest BCUT2D eigenvalue weighted by Gasteiger charge is -2.35. The number of rotatable bonds is 2. The van der Waals surface area contributed by atoms with E-state index in [0.717, 1.165) is 30.9 Å². The summed E-state index contributed by atoms with van der Waals surface area (Å²) in [4.78, 5) is 25.4. The summed E-state index contributed by atoms with van der Waals surface area (Å²) < 4.78 is 0. The third kappa shape index (κ3) is 2.59. The molecule has 0 bridgehead atoms. The maximum atomic E-state index is 12.4. The van der Waals surface area contributed by atoms with Crippen molar-refractivity contribution in [1.82, 2.24) is 4.90 Å². The summed E-state index contributed by atoms with van der Waals surface area (Å²) in [6.07, 6.45) is 2.26. The lowest BCUT2D eigenvalue weighted by molar-refractivity contribution is -0.149. The first kappa shape index (κ1) is 12.7. The zero-order valence-electron chi connectivity index (χ0n) is 10.1. The molecule has 3 atom stereocenters. The summed E-state index contributed by atoms with van der Waals surface area (Å²) in [5.41, 5.74) is 0. The number of thioether (sulfide) groups is 1. The Balaban J connectivity index is 2.05. The Labute approximate surface area is 106 Å². The Kier molecular flexibility index (Phi) is 3.97. The molecule has 0 radical (unpaired) electrons. The average molecular weight is 257 g/mol. The van der Waals surface area contributed by atoms with Gasteiger partial charge in [0.2, 0.25) is 5.91 Å². The Bertz CT molecular complexity index is 321. The van der Waals surface area contributed by atoms with Gasteiger partial charge in [-0.3, -0.25) is 9.59 Å². The molecule has 0 aromatic rings. The van der Waals surface area contributed by atoms with Gasteiger partial charge in [0.05, 0.1) is 11.8 Å². The van der Waals surface area contributed by atoms with Crippen molar-refractivity contribution in [3.05, 3.63) is 0 Å². The van der Waals surface area contributed by atoms with Crippen molar-refractivity contribution in [1.29, 1.82) is 0 Å². The summed E-state index contributed by atoms with van der Waals surface area (Å²) in [7, 11) is 0. The molecule has 17 heavy (non-hydrogen) atoms. The van der Waals surface area contributed by atoms with Crippen molar-refractivity contribution < 1.29 is 14.7 Å². The van der Waals surface area contributed by atoms with Crippen LogP contribution in [0.1, 0.15) is 26.2 Å². The highest BCUT2D eigenvalue weighted by molar-refractivity contribution is 7.99. The van der Waals surface area contributed by atoms with Crippen molar-refractivity contribution in [3.63, 3.8) is 0 Å². The number of carboxylic acids is 1. The van der Waals surface area contributed by atoms with E-state index in [4.69, 9.17) is 5.11 Å². The number of aliphatic carboxylic acids is 1. The molecule has 1 heterocycles. The van der Waals surface area contributed by atoms with Gasteiger partial charge in [0.1, 0.15) is 0 Å². The molecule has 1 aliphatic carbocycles. The predicted molar refractivity (Wildman–Crippen MR) is 67.0 cm³/mol.